The minimum atomic E-state index is -0.0625. The molecular formula is C19H19N5O2. The molecule has 0 aliphatic carbocycles. The summed E-state index contributed by atoms with van der Waals surface area (Å²) in [6.45, 7) is 2.51. The van der Waals surface area contributed by atoms with Gasteiger partial charge in [0.05, 0.1) is 11.7 Å². The second-order valence-electron chi connectivity index (χ2n) is 6.98. The van der Waals surface area contributed by atoms with E-state index in [-0.39, 0.29) is 18.0 Å². The van der Waals surface area contributed by atoms with E-state index in [0.29, 0.717) is 18.0 Å². The molecule has 1 saturated heterocycles. The highest BCUT2D eigenvalue weighted by molar-refractivity contribution is 5.93. The maximum atomic E-state index is 13.1. The van der Waals surface area contributed by atoms with Crippen LogP contribution in [0, 0.1) is 6.92 Å². The van der Waals surface area contributed by atoms with E-state index in [1.165, 1.54) is 6.39 Å². The second-order valence-corrected chi connectivity index (χ2v) is 6.98. The Hall–Kier alpha value is -2.96. The van der Waals surface area contributed by atoms with E-state index in [0.717, 1.165) is 36.5 Å². The number of aromatic nitrogens is 4. The van der Waals surface area contributed by atoms with Crippen LogP contribution >= 0.6 is 0 Å². The van der Waals surface area contributed by atoms with Crippen molar-refractivity contribution in [3.63, 3.8) is 0 Å². The van der Waals surface area contributed by atoms with Gasteiger partial charge in [0.2, 0.25) is 5.76 Å². The summed E-state index contributed by atoms with van der Waals surface area (Å²) in [4.78, 5) is 19.1. The Balaban J connectivity index is 1.51. The van der Waals surface area contributed by atoms with Gasteiger partial charge in [-0.1, -0.05) is 30.3 Å². The number of benzene rings is 1. The van der Waals surface area contributed by atoms with Crippen LogP contribution in [0.5, 0.6) is 0 Å². The van der Waals surface area contributed by atoms with Crippen LogP contribution in [0.3, 0.4) is 0 Å². The van der Waals surface area contributed by atoms with Gasteiger partial charge in [-0.05, 0) is 19.8 Å². The molecular weight excluding hydrogens is 330 g/mol. The zero-order chi connectivity index (χ0) is 17.7. The molecule has 2 bridgehead atoms. The Morgan fingerprint density at radius 3 is 2.73 bits per heavy atom. The van der Waals surface area contributed by atoms with Crippen molar-refractivity contribution in [2.24, 2.45) is 0 Å². The molecule has 2 unspecified atom stereocenters. The van der Waals surface area contributed by atoms with E-state index in [2.05, 4.69) is 19.7 Å². The third-order valence-corrected chi connectivity index (χ3v) is 5.47. The molecule has 2 aromatic heterocycles. The fourth-order valence-electron chi connectivity index (χ4n) is 4.20. The Kier molecular flexibility index (Phi) is 3.41. The number of fused-ring (bicyclic) bond motifs is 3. The van der Waals surface area contributed by atoms with Gasteiger partial charge in [0.1, 0.15) is 5.82 Å². The Bertz CT molecular complexity index is 961. The zero-order valence-corrected chi connectivity index (χ0v) is 14.5. The third kappa shape index (κ3) is 2.27. The molecule has 0 N–H and O–H groups in total. The molecule has 1 aromatic carbocycles. The van der Waals surface area contributed by atoms with Gasteiger partial charge < -0.3 is 13.9 Å². The lowest BCUT2D eigenvalue weighted by atomic mass is 10.1. The molecule has 132 valence electrons. The molecule has 4 heterocycles. The van der Waals surface area contributed by atoms with Crippen LogP contribution in [0.4, 0.5) is 0 Å². The van der Waals surface area contributed by atoms with Crippen LogP contribution in [0.25, 0.3) is 11.4 Å². The lowest BCUT2D eigenvalue weighted by molar-refractivity contribution is 0.0632. The number of oxazole rings is 1. The number of carbonyl (C=O) groups excluding carboxylic acids is 1. The van der Waals surface area contributed by atoms with Crippen LogP contribution in [0.1, 0.15) is 34.9 Å². The molecule has 7 nitrogen and oxygen atoms in total. The number of carbonyl (C=O) groups is 1. The Morgan fingerprint density at radius 2 is 1.96 bits per heavy atom. The van der Waals surface area contributed by atoms with Gasteiger partial charge in [-0.3, -0.25) is 4.79 Å². The highest BCUT2D eigenvalue weighted by Crippen LogP contribution is 2.34. The van der Waals surface area contributed by atoms with Crippen molar-refractivity contribution in [3.05, 3.63) is 54.0 Å². The smallest absolute Gasteiger partial charge is 0.292 e. The lowest BCUT2D eigenvalue weighted by Gasteiger charge is -2.27. The quantitative estimate of drug-likeness (QED) is 0.710. The van der Waals surface area contributed by atoms with E-state index in [4.69, 9.17) is 4.42 Å². The van der Waals surface area contributed by atoms with Crippen LogP contribution in [-0.2, 0) is 13.0 Å². The molecule has 1 fully saturated rings. The molecule has 7 heteroatoms. The van der Waals surface area contributed by atoms with E-state index in [9.17, 15) is 4.79 Å². The van der Waals surface area contributed by atoms with E-state index >= 15 is 0 Å². The van der Waals surface area contributed by atoms with E-state index < -0.39 is 0 Å². The standard InChI is InChI=1S/C19H19N5O2/c1-12-17(26-11-20-12)19(25)24-14-7-8-15(24)10-23-16(9-14)21-22-18(23)13-5-3-2-4-6-13/h2-6,11,14-15H,7-10H2,1H3. The fraction of sp³-hybridized carbons (Fsp3) is 0.368. The summed E-state index contributed by atoms with van der Waals surface area (Å²) in [5, 5.41) is 8.85. The first-order valence-corrected chi connectivity index (χ1v) is 8.92. The molecule has 2 aliphatic heterocycles. The van der Waals surface area contributed by atoms with Crippen LogP contribution in [-0.4, -0.2) is 42.6 Å². The normalized spacial score (nSPS) is 21.5. The van der Waals surface area contributed by atoms with Crippen molar-refractivity contribution in [1.82, 2.24) is 24.6 Å². The second kappa shape index (κ2) is 5.79. The molecule has 3 aromatic rings. The maximum absolute atomic E-state index is 13.1. The first kappa shape index (κ1) is 15.3. The monoisotopic (exact) mass is 349 g/mol. The van der Waals surface area contributed by atoms with Gasteiger partial charge >= 0.3 is 0 Å². The highest BCUT2D eigenvalue weighted by Gasteiger charge is 2.42. The summed E-state index contributed by atoms with van der Waals surface area (Å²) in [6.07, 6.45) is 4.02. The molecule has 1 amide bonds. The van der Waals surface area contributed by atoms with Crippen LogP contribution < -0.4 is 0 Å². The summed E-state index contributed by atoms with van der Waals surface area (Å²) < 4.78 is 7.53. The molecule has 0 saturated carbocycles. The number of amides is 1. The third-order valence-electron chi connectivity index (χ3n) is 5.47. The van der Waals surface area contributed by atoms with Gasteiger partial charge in [0, 0.05) is 24.6 Å². The van der Waals surface area contributed by atoms with Crippen LogP contribution in [0.2, 0.25) is 0 Å². The van der Waals surface area contributed by atoms with Gasteiger partial charge in [0.25, 0.3) is 5.91 Å². The van der Waals surface area contributed by atoms with Crippen molar-refractivity contribution in [3.8, 4) is 11.4 Å². The number of nitrogens with zero attached hydrogens (tertiary/aromatic N) is 5. The molecule has 26 heavy (non-hydrogen) atoms. The molecule has 0 spiro atoms. The van der Waals surface area contributed by atoms with Crippen LogP contribution in [0.15, 0.2) is 41.1 Å². The lowest BCUT2D eigenvalue weighted by Crippen LogP contribution is -2.42. The fourth-order valence-corrected chi connectivity index (χ4v) is 4.20. The zero-order valence-electron chi connectivity index (χ0n) is 14.5. The van der Waals surface area contributed by atoms with Crippen molar-refractivity contribution in [2.45, 2.75) is 44.8 Å². The van der Waals surface area contributed by atoms with Crippen molar-refractivity contribution in [2.75, 3.05) is 0 Å². The Labute approximate surface area is 150 Å². The van der Waals surface area contributed by atoms with Gasteiger partial charge in [-0.2, -0.15) is 0 Å². The van der Waals surface area contributed by atoms with Gasteiger partial charge in [0.15, 0.2) is 12.2 Å². The first-order valence-electron chi connectivity index (χ1n) is 8.92. The van der Waals surface area contributed by atoms with E-state index in [1.54, 1.807) is 6.92 Å². The number of hydrogen-bond donors (Lipinski definition) is 0. The predicted molar refractivity (Wildman–Crippen MR) is 93.4 cm³/mol. The molecule has 2 aliphatic rings. The van der Waals surface area contributed by atoms with E-state index in [1.807, 2.05) is 35.2 Å². The summed E-state index contributed by atoms with van der Waals surface area (Å²) in [7, 11) is 0. The maximum Gasteiger partial charge on any atom is 0.292 e. The predicted octanol–water partition coefficient (Wildman–Crippen LogP) is 2.47. The number of hydrogen-bond acceptors (Lipinski definition) is 5. The number of aryl methyl sites for hydroxylation is 1. The topological polar surface area (TPSA) is 77.0 Å². The first-order chi connectivity index (χ1) is 12.7. The highest BCUT2D eigenvalue weighted by atomic mass is 16.3. The largest absolute Gasteiger partial charge is 0.438 e. The average Bonchev–Trinajstić information content (AvgIpc) is 3.32. The summed E-state index contributed by atoms with van der Waals surface area (Å²) >= 11 is 0. The Morgan fingerprint density at radius 1 is 1.15 bits per heavy atom. The SMILES string of the molecule is Cc1ncoc1C(=O)N1C2CCC1Cn1c(nnc1-c1ccccc1)C2. The van der Waals surface area contributed by atoms with Gasteiger partial charge in [-0.15, -0.1) is 10.2 Å². The van der Waals surface area contributed by atoms with Crippen molar-refractivity contribution >= 4 is 5.91 Å². The van der Waals surface area contributed by atoms with Gasteiger partial charge in [-0.25, -0.2) is 4.98 Å². The summed E-state index contributed by atoms with van der Waals surface area (Å²) in [5.41, 5.74) is 1.69. The molecule has 5 rings (SSSR count). The minimum Gasteiger partial charge on any atom is -0.438 e. The average molecular weight is 349 g/mol. The summed E-state index contributed by atoms with van der Waals surface area (Å²) in [6, 6.07) is 10.3. The number of rotatable bonds is 2. The van der Waals surface area contributed by atoms with Crippen molar-refractivity contribution in [1.29, 1.82) is 0 Å². The van der Waals surface area contributed by atoms with Crippen molar-refractivity contribution < 1.29 is 9.21 Å². The minimum absolute atomic E-state index is 0.0625. The molecule has 0 radical (unpaired) electrons. The summed E-state index contributed by atoms with van der Waals surface area (Å²) in [5.74, 6) is 2.11. The molecule has 2 atom stereocenters.